The fraction of sp³-hybridized carbons (Fsp3) is 0.0196. The van der Waals surface area contributed by atoms with Crippen molar-refractivity contribution in [3.8, 4) is 11.1 Å². The molecule has 0 bridgehead atoms. The highest BCUT2D eigenvalue weighted by molar-refractivity contribution is 7.25. The first-order chi connectivity index (χ1) is 26.3. The maximum absolute atomic E-state index is 2.50. The van der Waals surface area contributed by atoms with E-state index >= 15 is 0 Å². The molecule has 0 N–H and O–H groups in total. The monoisotopic (exact) mass is 691 g/mol. The van der Waals surface area contributed by atoms with Crippen LogP contribution in [0, 0.1) is 0 Å². The molecule has 248 valence electrons. The Morgan fingerprint density at radius 3 is 1.72 bits per heavy atom. The molecule has 0 saturated carbocycles. The molecular weight excluding hydrogens is 659 g/mol. The van der Waals surface area contributed by atoms with Gasteiger partial charge in [-0.3, -0.25) is 0 Å². The third-order valence-corrected chi connectivity index (χ3v) is 12.4. The third kappa shape index (κ3) is 4.43. The molecule has 0 amide bonds. The van der Waals surface area contributed by atoms with E-state index in [-0.39, 0.29) is 0 Å². The molecule has 0 unspecified atom stereocenters. The van der Waals surface area contributed by atoms with Gasteiger partial charge in [0.25, 0.3) is 0 Å². The Bertz CT molecular complexity index is 2970. The van der Waals surface area contributed by atoms with Gasteiger partial charge in [-0.25, -0.2) is 0 Å². The molecular formula is C51H33NS. The highest BCUT2D eigenvalue weighted by atomic mass is 32.1. The zero-order valence-electron chi connectivity index (χ0n) is 28.9. The highest BCUT2D eigenvalue weighted by Crippen LogP contribution is 2.57. The summed E-state index contributed by atoms with van der Waals surface area (Å²) in [5.74, 6) is 0. The third-order valence-electron chi connectivity index (χ3n) is 11.3. The number of hydrogen-bond acceptors (Lipinski definition) is 2. The van der Waals surface area contributed by atoms with Crippen molar-refractivity contribution in [2.75, 3.05) is 4.90 Å². The van der Waals surface area contributed by atoms with Crippen LogP contribution in [0.4, 0.5) is 17.1 Å². The molecule has 0 atom stereocenters. The van der Waals surface area contributed by atoms with E-state index in [1.807, 2.05) is 11.3 Å². The van der Waals surface area contributed by atoms with Crippen LogP contribution in [0.2, 0.25) is 0 Å². The van der Waals surface area contributed by atoms with Crippen molar-refractivity contribution in [3.63, 3.8) is 0 Å². The lowest BCUT2D eigenvalue weighted by atomic mass is 9.67. The summed E-state index contributed by atoms with van der Waals surface area (Å²) in [6.45, 7) is 0. The van der Waals surface area contributed by atoms with Crippen LogP contribution in [0.25, 0.3) is 52.8 Å². The van der Waals surface area contributed by atoms with Gasteiger partial charge in [-0.2, -0.15) is 0 Å². The summed E-state index contributed by atoms with van der Waals surface area (Å²) in [7, 11) is 0. The smallest absolute Gasteiger partial charge is 0.0714 e. The van der Waals surface area contributed by atoms with Crippen LogP contribution < -0.4 is 4.90 Å². The molecule has 0 spiro atoms. The topological polar surface area (TPSA) is 3.24 Å². The van der Waals surface area contributed by atoms with Gasteiger partial charge in [0.05, 0.1) is 11.1 Å². The van der Waals surface area contributed by atoms with Crippen molar-refractivity contribution < 1.29 is 0 Å². The van der Waals surface area contributed by atoms with Crippen molar-refractivity contribution in [2.45, 2.75) is 5.41 Å². The molecule has 0 saturated heterocycles. The first-order valence-corrected chi connectivity index (χ1v) is 19.1. The lowest BCUT2D eigenvalue weighted by molar-refractivity contribution is 0.768. The van der Waals surface area contributed by atoms with Crippen molar-refractivity contribution in [2.24, 2.45) is 0 Å². The summed E-state index contributed by atoms with van der Waals surface area (Å²) < 4.78 is 2.60. The molecule has 9 aromatic carbocycles. The predicted octanol–water partition coefficient (Wildman–Crippen LogP) is 14.2. The van der Waals surface area contributed by atoms with E-state index < -0.39 is 5.41 Å². The number of benzene rings is 9. The van der Waals surface area contributed by atoms with Gasteiger partial charge in [0.2, 0.25) is 0 Å². The Hall–Kier alpha value is -6.48. The summed E-state index contributed by atoms with van der Waals surface area (Å²) in [4.78, 5) is 2.50. The standard InChI is InChI=1S/C51H33NS/c1-3-16-35(17-4-1)51(36-18-5-2-6-19-36)46-25-13-11-22-41(46)42-29-27-37(32-47(42)51)52(38-28-30-45-44-24-12-14-26-49(44)53-50(45)33-38)48-31-34-15-7-8-20-39(34)40-21-9-10-23-43(40)48/h1-33H. The van der Waals surface area contributed by atoms with Gasteiger partial charge in [0.15, 0.2) is 0 Å². The quantitative estimate of drug-likeness (QED) is 0.162. The van der Waals surface area contributed by atoms with Gasteiger partial charge in [0.1, 0.15) is 0 Å². The van der Waals surface area contributed by atoms with E-state index in [0.29, 0.717) is 0 Å². The molecule has 11 rings (SSSR count). The normalized spacial score (nSPS) is 13.1. The minimum atomic E-state index is -0.489. The van der Waals surface area contributed by atoms with Gasteiger partial charge in [-0.1, -0.05) is 164 Å². The molecule has 1 nitrogen and oxygen atoms in total. The minimum Gasteiger partial charge on any atom is -0.310 e. The van der Waals surface area contributed by atoms with Crippen LogP contribution >= 0.6 is 11.3 Å². The van der Waals surface area contributed by atoms with Crippen LogP contribution in [0.1, 0.15) is 22.3 Å². The Balaban J connectivity index is 1.24. The lowest BCUT2D eigenvalue weighted by Crippen LogP contribution is -2.28. The fourth-order valence-electron chi connectivity index (χ4n) is 9.07. The van der Waals surface area contributed by atoms with Crippen LogP contribution in [-0.4, -0.2) is 0 Å². The molecule has 1 aliphatic rings. The second-order valence-corrected chi connectivity index (χ2v) is 15.1. The predicted molar refractivity (Wildman–Crippen MR) is 226 cm³/mol. The molecule has 2 heteroatoms. The molecule has 53 heavy (non-hydrogen) atoms. The van der Waals surface area contributed by atoms with E-state index in [1.165, 1.54) is 80.8 Å². The summed E-state index contributed by atoms with van der Waals surface area (Å²) >= 11 is 1.87. The fourth-order valence-corrected chi connectivity index (χ4v) is 10.2. The molecule has 1 aromatic heterocycles. The van der Waals surface area contributed by atoms with Crippen molar-refractivity contribution >= 4 is 70.1 Å². The first-order valence-electron chi connectivity index (χ1n) is 18.3. The largest absolute Gasteiger partial charge is 0.310 e. The van der Waals surface area contributed by atoms with Gasteiger partial charge in [0, 0.05) is 36.9 Å². The summed E-state index contributed by atoms with van der Waals surface area (Å²) in [6, 6.07) is 74.2. The summed E-state index contributed by atoms with van der Waals surface area (Å²) in [5.41, 5.74) is 10.7. The van der Waals surface area contributed by atoms with Crippen LogP contribution in [-0.2, 0) is 5.41 Å². The van der Waals surface area contributed by atoms with Crippen molar-refractivity contribution in [1.82, 2.24) is 0 Å². The van der Waals surface area contributed by atoms with Crippen LogP contribution in [0.3, 0.4) is 0 Å². The second kappa shape index (κ2) is 11.8. The van der Waals surface area contributed by atoms with Gasteiger partial charge in [-0.15, -0.1) is 11.3 Å². The molecule has 0 radical (unpaired) electrons. The van der Waals surface area contributed by atoms with E-state index in [1.54, 1.807) is 0 Å². The van der Waals surface area contributed by atoms with Crippen molar-refractivity contribution in [1.29, 1.82) is 0 Å². The zero-order chi connectivity index (χ0) is 34.9. The number of rotatable bonds is 5. The Labute approximate surface area is 312 Å². The lowest BCUT2D eigenvalue weighted by Gasteiger charge is -2.35. The number of thiophene rings is 1. The average molecular weight is 692 g/mol. The van der Waals surface area contributed by atoms with E-state index in [0.717, 1.165) is 11.4 Å². The zero-order valence-corrected chi connectivity index (χ0v) is 29.7. The van der Waals surface area contributed by atoms with Crippen LogP contribution in [0.15, 0.2) is 200 Å². The van der Waals surface area contributed by atoms with E-state index in [9.17, 15) is 0 Å². The summed E-state index contributed by atoms with van der Waals surface area (Å²) in [6.07, 6.45) is 0. The number of nitrogens with zero attached hydrogens (tertiary/aromatic N) is 1. The molecule has 1 heterocycles. The van der Waals surface area contributed by atoms with Gasteiger partial charge < -0.3 is 4.90 Å². The number of anilines is 3. The average Bonchev–Trinajstić information content (AvgIpc) is 3.75. The van der Waals surface area contributed by atoms with E-state index in [4.69, 9.17) is 0 Å². The SMILES string of the molecule is c1ccc(C2(c3ccccc3)c3ccccc3-c3ccc(N(c4ccc5c(c4)sc4ccccc45)c4cc5ccccc5c5ccccc45)cc32)cc1. The molecule has 1 aliphatic carbocycles. The maximum atomic E-state index is 2.50. The Morgan fingerprint density at radius 2 is 0.925 bits per heavy atom. The maximum Gasteiger partial charge on any atom is 0.0714 e. The van der Waals surface area contributed by atoms with E-state index in [2.05, 4.69) is 205 Å². The Kier molecular flexibility index (Phi) is 6.71. The van der Waals surface area contributed by atoms with Crippen molar-refractivity contribution in [3.05, 3.63) is 222 Å². The number of fused-ring (bicyclic) bond motifs is 9. The first kappa shape index (κ1) is 30.2. The summed E-state index contributed by atoms with van der Waals surface area (Å²) in [5, 5.41) is 7.59. The highest BCUT2D eigenvalue weighted by Gasteiger charge is 2.46. The molecule has 0 fully saturated rings. The molecule has 0 aliphatic heterocycles. The Morgan fingerprint density at radius 1 is 0.358 bits per heavy atom. The second-order valence-electron chi connectivity index (χ2n) is 14.0. The number of hydrogen-bond donors (Lipinski definition) is 0. The van der Waals surface area contributed by atoms with Gasteiger partial charge >= 0.3 is 0 Å². The van der Waals surface area contributed by atoms with Crippen LogP contribution in [0.5, 0.6) is 0 Å². The minimum absolute atomic E-state index is 0.489. The molecule has 10 aromatic rings. The van der Waals surface area contributed by atoms with Gasteiger partial charge in [-0.05, 0) is 85.9 Å².